The number of ether oxygens (including phenoxy) is 3. The summed E-state index contributed by atoms with van der Waals surface area (Å²) in [5, 5.41) is 9.89. The topological polar surface area (TPSA) is 47.9 Å². The molecule has 2 aliphatic rings. The number of fused-ring (bicyclic) bond motifs is 1. The lowest BCUT2D eigenvalue weighted by atomic mass is 10.1. The minimum absolute atomic E-state index is 0.133. The summed E-state index contributed by atoms with van der Waals surface area (Å²) in [6, 6.07) is 0. The second-order valence-corrected chi connectivity index (χ2v) is 4.42. The van der Waals surface area contributed by atoms with E-state index in [2.05, 4.69) is 6.92 Å². The van der Waals surface area contributed by atoms with Gasteiger partial charge in [0.15, 0.2) is 12.1 Å². The SMILES string of the molecule is CCC[C@H]1O[C@@H]2OC(C)(C)O[C@@H]2[C@H]1O. The zero-order valence-corrected chi connectivity index (χ0v) is 8.90. The van der Waals surface area contributed by atoms with Crippen LogP contribution in [0.1, 0.15) is 33.6 Å². The second-order valence-electron chi connectivity index (χ2n) is 4.42. The third-order valence-corrected chi connectivity index (χ3v) is 2.69. The van der Waals surface area contributed by atoms with Crippen LogP contribution in [0.15, 0.2) is 0 Å². The quantitative estimate of drug-likeness (QED) is 0.726. The highest BCUT2D eigenvalue weighted by Crippen LogP contribution is 2.38. The molecule has 0 spiro atoms. The molecule has 0 bridgehead atoms. The molecule has 0 aromatic heterocycles. The highest BCUT2D eigenvalue weighted by molar-refractivity contribution is 4.92. The van der Waals surface area contributed by atoms with Crippen LogP contribution in [0.25, 0.3) is 0 Å². The summed E-state index contributed by atoms with van der Waals surface area (Å²) in [5.41, 5.74) is 0. The molecule has 2 fully saturated rings. The number of rotatable bonds is 2. The molecular weight excluding hydrogens is 184 g/mol. The number of hydrogen-bond donors (Lipinski definition) is 1. The maximum Gasteiger partial charge on any atom is 0.190 e. The summed E-state index contributed by atoms with van der Waals surface area (Å²) in [7, 11) is 0. The molecule has 1 N–H and O–H groups in total. The van der Waals surface area contributed by atoms with Crippen molar-refractivity contribution in [1.82, 2.24) is 0 Å². The fraction of sp³-hybridized carbons (Fsp3) is 1.00. The summed E-state index contributed by atoms with van der Waals surface area (Å²) in [6.07, 6.45) is 0.442. The van der Waals surface area contributed by atoms with Gasteiger partial charge in [-0.3, -0.25) is 0 Å². The van der Waals surface area contributed by atoms with Gasteiger partial charge in [0.25, 0.3) is 0 Å². The highest BCUT2D eigenvalue weighted by Gasteiger charge is 2.53. The van der Waals surface area contributed by atoms with Crippen molar-refractivity contribution < 1.29 is 19.3 Å². The lowest BCUT2D eigenvalue weighted by molar-refractivity contribution is -0.215. The Kier molecular flexibility index (Phi) is 2.55. The predicted molar refractivity (Wildman–Crippen MR) is 49.6 cm³/mol. The molecule has 4 heteroatoms. The van der Waals surface area contributed by atoms with Crippen molar-refractivity contribution in [2.24, 2.45) is 0 Å². The van der Waals surface area contributed by atoms with E-state index < -0.39 is 18.2 Å². The molecule has 0 saturated carbocycles. The van der Waals surface area contributed by atoms with E-state index in [1.807, 2.05) is 13.8 Å². The van der Waals surface area contributed by atoms with Gasteiger partial charge in [0, 0.05) is 0 Å². The summed E-state index contributed by atoms with van der Waals surface area (Å²) in [5.74, 6) is -0.631. The molecule has 2 aliphatic heterocycles. The van der Waals surface area contributed by atoms with Crippen LogP contribution in [-0.4, -0.2) is 35.5 Å². The molecule has 2 saturated heterocycles. The average Bonchev–Trinajstić information content (AvgIpc) is 2.50. The predicted octanol–water partition coefficient (Wildman–Crippen LogP) is 1.02. The first-order valence-electron chi connectivity index (χ1n) is 5.22. The largest absolute Gasteiger partial charge is 0.387 e. The first kappa shape index (κ1) is 10.4. The Bertz CT molecular complexity index is 216. The van der Waals surface area contributed by atoms with E-state index in [1.165, 1.54) is 0 Å². The second kappa shape index (κ2) is 3.45. The van der Waals surface area contributed by atoms with Gasteiger partial charge in [0.2, 0.25) is 0 Å². The molecule has 82 valence electrons. The maximum absolute atomic E-state index is 9.89. The van der Waals surface area contributed by atoms with E-state index in [0.717, 1.165) is 12.8 Å². The molecule has 4 nitrogen and oxygen atoms in total. The van der Waals surface area contributed by atoms with E-state index in [4.69, 9.17) is 14.2 Å². The third kappa shape index (κ3) is 1.67. The number of aliphatic hydroxyl groups excluding tert-OH is 1. The summed E-state index contributed by atoms with van der Waals surface area (Å²) < 4.78 is 16.7. The van der Waals surface area contributed by atoms with Crippen molar-refractivity contribution in [1.29, 1.82) is 0 Å². The van der Waals surface area contributed by atoms with Crippen molar-refractivity contribution in [3.63, 3.8) is 0 Å². The molecule has 4 atom stereocenters. The van der Waals surface area contributed by atoms with Crippen molar-refractivity contribution in [2.45, 2.75) is 64.0 Å². The Morgan fingerprint density at radius 1 is 1.29 bits per heavy atom. The minimum atomic E-state index is -0.631. The lowest BCUT2D eigenvalue weighted by Gasteiger charge is -2.22. The molecule has 0 aliphatic carbocycles. The van der Waals surface area contributed by atoms with Crippen LogP contribution >= 0.6 is 0 Å². The molecular formula is C10H18O4. The first-order valence-corrected chi connectivity index (χ1v) is 5.22. The van der Waals surface area contributed by atoms with E-state index in [1.54, 1.807) is 0 Å². The van der Waals surface area contributed by atoms with Crippen LogP contribution in [0.2, 0.25) is 0 Å². The molecule has 14 heavy (non-hydrogen) atoms. The Balaban J connectivity index is 2.00. The van der Waals surface area contributed by atoms with Gasteiger partial charge in [0.1, 0.15) is 12.2 Å². The van der Waals surface area contributed by atoms with E-state index in [-0.39, 0.29) is 12.2 Å². The van der Waals surface area contributed by atoms with Gasteiger partial charge in [-0.1, -0.05) is 13.3 Å². The summed E-state index contributed by atoms with van der Waals surface area (Å²) >= 11 is 0. The Morgan fingerprint density at radius 2 is 2.00 bits per heavy atom. The Hall–Kier alpha value is -0.160. The van der Waals surface area contributed by atoms with Crippen LogP contribution in [0.5, 0.6) is 0 Å². The molecule has 0 aromatic carbocycles. The van der Waals surface area contributed by atoms with Crippen LogP contribution in [0.4, 0.5) is 0 Å². The average molecular weight is 202 g/mol. The lowest BCUT2D eigenvalue weighted by Crippen LogP contribution is -2.34. The maximum atomic E-state index is 9.89. The van der Waals surface area contributed by atoms with Gasteiger partial charge in [0.05, 0.1) is 6.10 Å². The Labute approximate surface area is 84.1 Å². The van der Waals surface area contributed by atoms with Crippen molar-refractivity contribution >= 4 is 0 Å². The van der Waals surface area contributed by atoms with Gasteiger partial charge in [-0.15, -0.1) is 0 Å². The van der Waals surface area contributed by atoms with Gasteiger partial charge in [-0.25, -0.2) is 0 Å². The van der Waals surface area contributed by atoms with Crippen LogP contribution in [0.3, 0.4) is 0 Å². The van der Waals surface area contributed by atoms with Crippen molar-refractivity contribution in [3.8, 4) is 0 Å². The molecule has 2 heterocycles. The van der Waals surface area contributed by atoms with Gasteiger partial charge in [-0.2, -0.15) is 0 Å². The van der Waals surface area contributed by atoms with Gasteiger partial charge in [-0.05, 0) is 20.3 Å². The zero-order chi connectivity index (χ0) is 10.3. The van der Waals surface area contributed by atoms with E-state index in [9.17, 15) is 5.11 Å². The van der Waals surface area contributed by atoms with Crippen LogP contribution in [-0.2, 0) is 14.2 Å². The zero-order valence-electron chi connectivity index (χ0n) is 8.90. The van der Waals surface area contributed by atoms with Crippen LogP contribution in [0, 0.1) is 0 Å². The highest BCUT2D eigenvalue weighted by atomic mass is 16.8. The Morgan fingerprint density at radius 3 is 2.57 bits per heavy atom. The van der Waals surface area contributed by atoms with Gasteiger partial charge < -0.3 is 19.3 Å². The summed E-state index contributed by atoms with van der Waals surface area (Å²) in [6.45, 7) is 5.72. The monoisotopic (exact) mass is 202 g/mol. The minimum Gasteiger partial charge on any atom is -0.387 e. The molecule has 0 unspecified atom stereocenters. The van der Waals surface area contributed by atoms with Crippen LogP contribution < -0.4 is 0 Å². The summed E-state index contributed by atoms with van der Waals surface area (Å²) in [4.78, 5) is 0. The number of hydrogen-bond acceptors (Lipinski definition) is 4. The first-order chi connectivity index (χ1) is 6.53. The number of aliphatic hydroxyl groups is 1. The standard InChI is InChI=1S/C10H18O4/c1-4-5-6-7(11)8-9(12-6)14-10(2,3)13-8/h6-9,11H,4-5H2,1-3H3/t6-,7+,8-,9-/m1/s1. The van der Waals surface area contributed by atoms with Crippen molar-refractivity contribution in [3.05, 3.63) is 0 Å². The third-order valence-electron chi connectivity index (χ3n) is 2.69. The van der Waals surface area contributed by atoms with Gasteiger partial charge >= 0.3 is 0 Å². The fourth-order valence-electron chi connectivity index (χ4n) is 2.08. The smallest absolute Gasteiger partial charge is 0.190 e. The molecule has 2 rings (SSSR count). The van der Waals surface area contributed by atoms with E-state index >= 15 is 0 Å². The molecule has 0 amide bonds. The normalized spacial score (nSPS) is 45.4. The molecule has 0 aromatic rings. The molecule has 0 radical (unpaired) electrons. The van der Waals surface area contributed by atoms with E-state index in [0.29, 0.717) is 0 Å². The van der Waals surface area contributed by atoms with Crippen molar-refractivity contribution in [2.75, 3.05) is 0 Å². The fourth-order valence-corrected chi connectivity index (χ4v) is 2.08.